The normalized spacial score (nSPS) is 10.6. The van der Waals surface area contributed by atoms with Crippen LogP contribution in [0.15, 0.2) is 23.0 Å². The van der Waals surface area contributed by atoms with Crippen molar-refractivity contribution in [3.63, 3.8) is 0 Å². The van der Waals surface area contributed by atoms with Gasteiger partial charge in [0.05, 0.1) is 14.2 Å². The van der Waals surface area contributed by atoms with Gasteiger partial charge in [-0.05, 0) is 12.1 Å². The molecule has 8 heteroatoms. The summed E-state index contributed by atoms with van der Waals surface area (Å²) in [4.78, 5) is 30.6. The zero-order valence-electron chi connectivity index (χ0n) is 14.5. The minimum atomic E-state index is -0.745. The Bertz CT molecular complexity index is 830. The highest BCUT2D eigenvalue weighted by Gasteiger charge is 2.19. The van der Waals surface area contributed by atoms with Crippen molar-refractivity contribution >= 4 is 5.91 Å². The van der Waals surface area contributed by atoms with E-state index in [9.17, 15) is 14.7 Å². The van der Waals surface area contributed by atoms with Crippen molar-refractivity contribution in [1.82, 2.24) is 15.3 Å². The number of aromatic amines is 1. The number of carbonyl (C=O) groups is 1. The van der Waals surface area contributed by atoms with E-state index in [0.29, 0.717) is 22.9 Å². The van der Waals surface area contributed by atoms with E-state index in [-0.39, 0.29) is 18.2 Å². The van der Waals surface area contributed by atoms with Crippen LogP contribution in [0.25, 0.3) is 0 Å². The standard InChI is InChI=1S/C17H21N3O5/c1-9(2)15-19-13(14(21)17(23)20-15)16(22)18-8-10-5-6-11(24-3)7-12(10)25-4/h5-7,9,21H,8H2,1-4H3,(H,18,22)(H,19,20,23). The van der Waals surface area contributed by atoms with Crippen LogP contribution in [0.5, 0.6) is 17.2 Å². The number of ether oxygens (including phenoxy) is 2. The minimum absolute atomic E-state index is 0.0958. The maximum Gasteiger partial charge on any atom is 0.293 e. The number of hydrogen-bond donors (Lipinski definition) is 3. The molecule has 1 aromatic carbocycles. The summed E-state index contributed by atoms with van der Waals surface area (Å²) in [6.45, 7) is 3.77. The molecule has 0 atom stereocenters. The number of rotatable bonds is 6. The molecule has 134 valence electrons. The molecule has 1 amide bonds. The second-order valence-electron chi connectivity index (χ2n) is 5.66. The summed E-state index contributed by atoms with van der Waals surface area (Å²) in [5.41, 5.74) is -0.337. The minimum Gasteiger partial charge on any atom is -0.501 e. The van der Waals surface area contributed by atoms with Crippen LogP contribution in [0.4, 0.5) is 0 Å². The number of aromatic hydroxyl groups is 1. The molecule has 0 bridgehead atoms. The zero-order chi connectivity index (χ0) is 18.6. The number of aromatic nitrogens is 2. The summed E-state index contributed by atoms with van der Waals surface area (Å²) >= 11 is 0. The molecule has 0 radical (unpaired) electrons. The van der Waals surface area contributed by atoms with E-state index in [1.54, 1.807) is 25.3 Å². The molecule has 2 rings (SSSR count). The van der Waals surface area contributed by atoms with E-state index in [2.05, 4.69) is 15.3 Å². The molecule has 3 N–H and O–H groups in total. The number of amides is 1. The van der Waals surface area contributed by atoms with Crippen LogP contribution in [0.1, 0.15) is 41.6 Å². The van der Waals surface area contributed by atoms with Gasteiger partial charge in [0.2, 0.25) is 5.75 Å². The molecular weight excluding hydrogens is 326 g/mol. The van der Waals surface area contributed by atoms with Gasteiger partial charge in [-0.15, -0.1) is 0 Å². The average molecular weight is 347 g/mol. The lowest BCUT2D eigenvalue weighted by molar-refractivity contribution is 0.0941. The topological polar surface area (TPSA) is 114 Å². The Morgan fingerprint density at radius 3 is 2.64 bits per heavy atom. The number of nitrogens with one attached hydrogen (secondary N) is 2. The van der Waals surface area contributed by atoms with E-state index in [0.717, 1.165) is 0 Å². The van der Waals surface area contributed by atoms with E-state index in [1.165, 1.54) is 7.11 Å². The van der Waals surface area contributed by atoms with Crippen LogP contribution < -0.4 is 20.3 Å². The van der Waals surface area contributed by atoms with Crippen molar-refractivity contribution in [3.8, 4) is 17.2 Å². The predicted molar refractivity (Wildman–Crippen MR) is 91.3 cm³/mol. The summed E-state index contributed by atoms with van der Waals surface area (Å²) < 4.78 is 10.4. The van der Waals surface area contributed by atoms with Gasteiger partial charge >= 0.3 is 0 Å². The predicted octanol–water partition coefficient (Wildman–Crippen LogP) is 1.55. The number of benzene rings is 1. The second kappa shape index (κ2) is 7.69. The molecule has 0 spiro atoms. The summed E-state index contributed by atoms with van der Waals surface area (Å²) in [5.74, 6) is 0.0523. The van der Waals surface area contributed by atoms with Crippen molar-refractivity contribution in [2.24, 2.45) is 0 Å². The first-order valence-electron chi connectivity index (χ1n) is 7.69. The molecule has 0 aliphatic rings. The molecule has 1 aromatic heterocycles. The Morgan fingerprint density at radius 2 is 2.04 bits per heavy atom. The monoisotopic (exact) mass is 347 g/mol. The highest BCUT2D eigenvalue weighted by Crippen LogP contribution is 2.24. The third kappa shape index (κ3) is 4.09. The number of carbonyl (C=O) groups excluding carboxylic acids is 1. The highest BCUT2D eigenvalue weighted by atomic mass is 16.5. The molecule has 0 saturated heterocycles. The van der Waals surface area contributed by atoms with E-state index < -0.39 is 17.2 Å². The van der Waals surface area contributed by atoms with Gasteiger partial charge < -0.3 is 24.9 Å². The first-order chi connectivity index (χ1) is 11.9. The number of methoxy groups -OCH3 is 2. The molecule has 0 unspecified atom stereocenters. The molecule has 8 nitrogen and oxygen atoms in total. The van der Waals surface area contributed by atoms with Crippen molar-refractivity contribution in [2.45, 2.75) is 26.3 Å². The van der Waals surface area contributed by atoms with Crippen molar-refractivity contribution < 1.29 is 19.4 Å². The Balaban J connectivity index is 2.22. The van der Waals surface area contributed by atoms with Gasteiger partial charge in [-0.1, -0.05) is 13.8 Å². The van der Waals surface area contributed by atoms with Crippen LogP contribution >= 0.6 is 0 Å². The molecule has 0 saturated carbocycles. The Hall–Kier alpha value is -3.03. The summed E-state index contributed by atoms with van der Waals surface area (Å²) in [6, 6.07) is 5.19. The Morgan fingerprint density at radius 1 is 1.32 bits per heavy atom. The van der Waals surface area contributed by atoms with Crippen molar-refractivity contribution in [2.75, 3.05) is 14.2 Å². The summed E-state index contributed by atoms with van der Waals surface area (Å²) in [7, 11) is 3.06. The maximum absolute atomic E-state index is 12.3. The fourth-order valence-corrected chi connectivity index (χ4v) is 2.17. The molecular formula is C17H21N3O5. The van der Waals surface area contributed by atoms with Crippen LogP contribution in [0, 0.1) is 0 Å². The van der Waals surface area contributed by atoms with Gasteiger partial charge in [-0.3, -0.25) is 9.59 Å². The van der Waals surface area contributed by atoms with Gasteiger partial charge in [0.1, 0.15) is 17.3 Å². The van der Waals surface area contributed by atoms with E-state index >= 15 is 0 Å². The SMILES string of the molecule is COc1ccc(CNC(=O)c2nc(C(C)C)[nH]c(=O)c2O)c(OC)c1. The van der Waals surface area contributed by atoms with E-state index in [4.69, 9.17) is 9.47 Å². The molecule has 1 heterocycles. The largest absolute Gasteiger partial charge is 0.501 e. The van der Waals surface area contributed by atoms with Crippen molar-refractivity contribution in [1.29, 1.82) is 0 Å². The number of H-pyrrole nitrogens is 1. The van der Waals surface area contributed by atoms with Gasteiger partial charge in [0.25, 0.3) is 11.5 Å². The third-order valence-corrected chi connectivity index (χ3v) is 3.61. The van der Waals surface area contributed by atoms with Crippen molar-refractivity contribution in [3.05, 3.63) is 45.6 Å². The first-order valence-corrected chi connectivity index (χ1v) is 7.69. The Labute approximate surface area is 144 Å². The molecule has 0 fully saturated rings. The maximum atomic E-state index is 12.3. The summed E-state index contributed by atoms with van der Waals surface area (Å²) in [5, 5.41) is 12.5. The zero-order valence-corrected chi connectivity index (χ0v) is 14.5. The lowest BCUT2D eigenvalue weighted by Crippen LogP contribution is -2.27. The third-order valence-electron chi connectivity index (χ3n) is 3.61. The smallest absolute Gasteiger partial charge is 0.293 e. The van der Waals surface area contributed by atoms with Crippen LogP contribution in [0.3, 0.4) is 0 Å². The first kappa shape index (κ1) is 18.3. The second-order valence-corrected chi connectivity index (χ2v) is 5.66. The number of nitrogens with zero attached hydrogens (tertiary/aromatic N) is 1. The number of hydrogen-bond acceptors (Lipinski definition) is 6. The van der Waals surface area contributed by atoms with Gasteiger partial charge in [0.15, 0.2) is 5.69 Å². The molecule has 0 aliphatic heterocycles. The lowest BCUT2D eigenvalue weighted by atomic mass is 10.1. The fourth-order valence-electron chi connectivity index (χ4n) is 2.17. The lowest BCUT2D eigenvalue weighted by Gasteiger charge is -2.12. The van der Waals surface area contributed by atoms with E-state index in [1.807, 2.05) is 13.8 Å². The van der Waals surface area contributed by atoms with Crippen LogP contribution in [-0.4, -0.2) is 35.2 Å². The van der Waals surface area contributed by atoms with Crippen LogP contribution in [-0.2, 0) is 6.54 Å². The average Bonchev–Trinajstić information content (AvgIpc) is 2.61. The quantitative estimate of drug-likeness (QED) is 0.730. The Kier molecular flexibility index (Phi) is 5.63. The van der Waals surface area contributed by atoms with Gasteiger partial charge in [-0.25, -0.2) is 4.98 Å². The molecule has 2 aromatic rings. The molecule has 25 heavy (non-hydrogen) atoms. The fraction of sp³-hybridized carbons (Fsp3) is 0.353. The van der Waals surface area contributed by atoms with Crippen LogP contribution in [0.2, 0.25) is 0 Å². The molecule has 0 aliphatic carbocycles. The van der Waals surface area contributed by atoms with Gasteiger partial charge in [-0.2, -0.15) is 0 Å². The highest BCUT2D eigenvalue weighted by molar-refractivity contribution is 5.94. The van der Waals surface area contributed by atoms with Gasteiger partial charge in [0, 0.05) is 24.1 Å². The summed E-state index contributed by atoms with van der Waals surface area (Å²) in [6.07, 6.45) is 0.